The summed E-state index contributed by atoms with van der Waals surface area (Å²) < 4.78 is 1.13. The van der Waals surface area contributed by atoms with Crippen molar-refractivity contribution >= 4 is 45.8 Å². The van der Waals surface area contributed by atoms with Gasteiger partial charge in [0, 0.05) is 0 Å². The fourth-order valence-corrected chi connectivity index (χ4v) is 7.71. The van der Waals surface area contributed by atoms with E-state index in [4.69, 9.17) is 17.8 Å². The van der Waals surface area contributed by atoms with Crippen molar-refractivity contribution in [2.45, 2.75) is 21.7 Å². The second kappa shape index (κ2) is 7.69. The molecule has 0 heterocycles. The predicted octanol–water partition coefficient (Wildman–Crippen LogP) is 1.86. The number of halogens is 2. The summed E-state index contributed by atoms with van der Waals surface area (Å²) in [5, 5.41) is 0. The van der Waals surface area contributed by atoms with Crippen molar-refractivity contribution in [3.8, 4) is 0 Å². The van der Waals surface area contributed by atoms with E-state index in [-0.39, 0.29) is 11.8 Å². The number of rotatable bonds is 6. The van der Waals surface area contributed by atoms with Crippen molar-refractivity contribution in [3.63, 3.8) is 0 Å². The summed E-state index contributed by atoms with van der Waals surface area (Å²) in [6.07, 6.45) is 0.762. The molecule has 0 aromatic heterocycles. The minimum atomic E-state index is -3.22. The van der Waals surface area contributed by atoms with Gasteiger partial charge in [0.15, 0.2) is 0 Å². The Labute approximate surface area is 115 Å². The number of amides is 2. The summed E-state index contributed by atoms with van der Waals surface area (Å²) >= 11 is -3.22. The van der Waals surface area contributed by atoms with E-state index >= 15 is 0 Å². The Morgan fingerprint density at radius 2 is 1.18 bits per heavy atom. The topological polar surface area (TPSA) is 40.6 Å². The monoisotopic (exact) mass is 390 g/mol. The van der Waals surface area contributed by atoms with E-state index in [2.05, 4.69) is 0 Å². The average Bonchev–Trinajstić information content (AvgIpc) is 2.22. The first-order valence-corrected chi connectivity index (χ1v) is 16.7. The molecule has 0 radical (unpaired) electrons. The second-order valence-electron chi connectivity index (χ2n) is 4.43. The molecule has 0 aromatic carbocycles. The SMILES string of the molecule is CN(C)C(=O)C[CH2][Sn]([Cl])([Cl])[CH2]CC(=O)N(C)C. The van der Waals surface area contributed by atoms with Crippen LogP contribution >= 0.6 is 17.8 Å². The van der Waals surface area contributed by atoms with Gasteiger partial charge in [-0.15, -0.1) is 0 Å². The zero-order valence-electron chi connectivity index (χ0n) is 10.8. The summed E-state index contributed by atoms with van der Waals surface area (Å²) in [6, 6.07) is 0. The van der Waals surface area contributed by atoms with Gasteiger partial charge in [-0.2, -0.15) is 0 Å². The predicted molar refractivity (Wildman–Crippen MR) is 73.7 cm³/mol. The van der Waals surface area contributed by atoms with E-state index in [1.54, 1.807) is 28.2 Å². The van der Waals surface area contributed by atoms with E-state index in [0.717, 1.165) is 0 Å². The van der Waals surface area contributed by atoms with Crippen LogP contribution in [0.4, 0.5) is 0 Å². The Kier molecular flexibility index (Phi) is 7.83. The molecule has 0 spiro atoms. The Bertz CT molecular complexity index is 257. The van der Waals surface area contributed by atoms with Crippen LogP contribution in [-0.4, -0.2) is 65.9 Å². The van der Waals surface area contributed by atoms with Gasteiger partial charge in [-0.3, -0.25) is 0 Å². The van der Waals surface area contributed by atoms with Gasteiger partial charge in [-0.25, -0.2) is 0 Å². The molecular formula is C10H20Cl2N2O2Sn. The van der Waals surface area contributed by atoms with Gasteiger partial charge in [0.1, 0.15) is 0 Å². The first-order chi connectivity index (χ1) is 7.65. The van der Waals surface area contributed by atoms with Crippen LogP contribution in [-0.2, 0) is 9.59 Å². The first kappa shape index (κ1) is 17.3. The van der Waals surface area contributed by atoms with Gasteiger partial charge in [0.25, 0.3) is 0 Å². The molecule has 7 heteroatoms. The van der Waals surface area contributed by atoms with Crippen molar-refractivity contribution in [1.29, 1.82) is 0 Å². The molecular weight excluding hydrogens is 370 g/mol. The molecule has 0 saturated heterocycles. The average molecular weight is 390 g/mol. The number of carbonyl (C=O) groups is 2. The number of hydrogen-bond acceptors (Lipinski definition) is 2. The molecule has 0 aliphatic rings. The summed E-state index contributed by atoms with van der Waals surface area (Å²) in [5.74, 6) is 0.0672. The molecule has 0 unspecified atom stereocenters. The van der Waals surface area contributed by atoms with E-state index in [1.165, 1.54) is 9.80 Å². The molecule has 0 atom stereocenters. The van der Waals surface area contributed by atoms with Gasteiger partial charge >= 0.3 is 115 Å². The van der Waals surface area contributed by atoms with Crippen LogP contribution in [0.1, 0.15) is 12.8 Å². The van der Waals surface area contributed by atoms with Crippen molar-refractivity contribution in [1.82, 2.24) is 9.80 Å². The summed E-state index contributed by atoms with van der Waals surface area (Å²) in [4.78, 5) is 25.9. The number of carbonyl (C=O) groups excluding carboxylic acids is 2. The molecule has 0 aliphatic carbocycles. The molecule has 4 nitrogen and oxygen atoms in total. The Balaban J connectivity index is 4.04. The van der Waals surface area contributed by atoms with Crippen molar-refractivity contribution in [3.05, 3.63) is 0 Å². The Morgan fingerprint density at radius 3 is 1.41 bits per heavy atom. The zero-order chi connectivity index (χ0) is 13.6. The van der Waals surface area contributed by atoms with Crippen LogP contribution in [0.3, 0.4) is 0 Å². The van der Waals surface area contributed by atoms with Crippen LogP contribution in [0.15, 0.2) is 0 Å². The quantitative estimate of drug-likeness (QED) is 0.651. The third-order valence-corrected chi connectivity index (χ3v) is 13.1. The molecule has 0 aromatic rings. The van der Waals surface area contributed by atoms with Crippen LogP contribution in [0, 0.1) is 0 Å². The van der Waals surface area contributed by atoms with Crippen LogP contribution < -0.4 is 0 Å². The van der Waals surface area contributed by atoms with E-state index < -0.39 is 16.1 Å². The zero-order valence-corrected chi connectivity index (χ0v) is 15.2. The molecule has 0 fully saturated rings. The molecule has 0 N–H and O–H groups in total. The van der Waals surface area contributed by atoms with Crippen molar-refractivity contribution in [2.75, 3.05) is 28.2 Å². The Morgan fingerprint density at radius 1 is 0.882 bits per heavy atom. The van der Waals surface area contributed by atoms with Crippen molar-refractivity contribution < 1.29 is 9.59 Å². The summed E-state index contributed by atoms with van der Waals surface area (Å²) in [7, 11) is 19.4. The van der Waals surface area contributed by atoms with Crippen molar-refractivity contribution in [2.24, 2.45) is 0 Å². The Hall–Kier alpha value is 0.319. The van der Waals surface area contributed by atoms with Gasteiger partial charge in [-0.05, 0) is 0 Å². The standard InChI is InChI=1S/2C5H10NO.2ClH.Sn/c2*1-4-5(7)6(2)3;;;/h2*1,4H2,2-3H3;2*1H;/q;;;;+2/p-2. The van der Waals surface area contributed by atoms with Gasteiger partial charge in [-0.1, -0.05) is 0 Å². The van der Waals surface area contributed by atoms with Gasteiger partial charge in [0.2, 0.25) is 0 Å². The molecule has 2 amide bonds. The third-order valence-electron chi connectivity index (χ3n) is 2.41. The maximum absolute atomic E-state index is 11.4. The molecule has 17 heavy (non-hydrogen) atoms. The van der Waals surface area contributed by atoms with E-state index in [1.807, 2.05) is 0 Å². The first-order valence-electron chi connectivity index (χ1n) is 5.44. The number of nitrogens with zero attached hydrogens (tertiary/aromatic N) is 2. The summed E-state index contributed by atoms with van der Waals surface area (Å²) in [6.45, 7) is 0. The molecule has 0 aliphatic heterocycles. The van der Waals surface area contributed by atoms with Crippen LogP contribution in [0.25, 0.3) is 0 Å². The normalized spacial score (nSPS) is 11.2. The molecule has 0 bridgehead atoms. The fourth-order valence-electron chi connectivity index (χ4n) is 1.15. The summed E-state index contributed by atoms with van der Waals surface area (Å²) in [5.41, 5.74) is 0. The van der Waals surface area contributed by atoms with Gasteiger partial charge < -0.3 is 0 Å². The third kappa shape index (κ3) is 8.10. The second-order valence-corrected chi connectivity index (χ2v) is 23.2. The maximum atomic E-state index is 11.4. The van der Waals surface area contributed by atoms with E-state index in [9.17, 15) is 9.59 Å². The van der Waals surface area contributed by atoms with E-state index in [0.29, 0.717) is 21.7 Å². The van der Waals surface area contributed by atoms with Crippen LogP contribution in [0.5, 0.6) is 0 Å². The van der Waals surface area contributed by atoms with Gasteiger partial charge in [0.05, 0.1) is 0 Å². The molecule has 0 saturated carbocycles. The molecule has 100 valence electrons. The minimum absolute atomic E-state index is 0.0336. The molecule has 0 rings (SSSR count). The number of hydrogen-bond donors (Lipinski definition) is 0. The van der Waals surface area contributed by atoms with Crippen LogP contribution in [0.2, 0.25) is 8.87 Å². The fraction of sp³-hybridized carbons (Fsp3) is 0.800.